The second-order valence-electron chi connectivity index (χ2n) is 5.62. The Balaban J connectivity index is 2.06. The Kier molecular flexibility index (Phi) is 2.34. The number of rotatable bonds is 1. The summed E-state index contributed by atoms with van der Waals surface area (Å²) >= 11 is 0. The molecule has 0 aromatic heterocycles. The standard InChI is InChI=1S/C17H18O/c1-9-7-15-10(2)11(3)17(9)14-6-5-13(12(4)18)8-16(14)15/h5,15,17H,1-3,6-8H2,4H3. The van der Waals surface area contributed by atoms with Crippen LogP contribution in [0.5, 0.6) is 0 Å². The average molecular weight is 238 g/mol. The van der Waals surface area contributed by atoms with Crippen LogP contribution in [-0.4, -0.2) is 5.78 Å². The topological polar surface area (TPSA) is 17.1 Å². The molecule has 0 aromatic carbocycles. The molecule has 1 heteroatoms. The molecule has 0 N–H and O–H groups in total. The molecule has 0 aliphatic heterocycles. The molecule has 4 rings (SSSR count). The summed E-state index contributed by atoms with van der Waals surface area (Å²) < 4.78 is 0. The summed E-state index contributed by atoms with van der Waals surface area (Å²) in [5.41, 5.74) is 7.42. The highest BCUT2D eigenvalue weighted by Crippen LogP contribution is 2.55. The van der Waals surface area contributed by atoms with Crippen LogP contribution in [0.15, 0.2) is 59.3 Å². The van der Waals surface area contributed by atoms with Gasteiger partial charge in [-0.2, -0.15) is 0 Å². The van der Waals surface area contributed by atoms with E-state index in [1.165, 1.54) is 16.7 Å². The first-order valence-corrected chi connectivity index (χ1v) is 6.48. The smallest absolute Gasteiger partial charge is 0.155 e. The van der Waals surface area contributed by atoms with Gasteiger partial charge < -0.3 is 0 Å². The van der Waals surface area contributed by atoms with Crippen molar-refractivity contribution in [2.75, 3.05) is 0 Å². The molecule has 0 aromatic rings. The van der Waals surface area contributed by atoms with Crippen molar-refractivity contribution in [2.45, 2.75) is 26.2 Å². The van der Waals surface area contributed by atoms with Crippen molar-refractivity contribution < 1.29 is 4.79 Å². The third-order valence-corrected chi connectivity index (χ3v) is 4.64. The lowest BCUT2D eigenvalue weighted by molar-refractivity contribution is -0.113. The van der Waals surface area contributed by atoms with Gasteiger partial charge in [-0.3, -0.25) is 4.79 Å². The molecular weight excluding hydrogens is 220 g/mol. The molecule has 1 saturated carbocycles. The third-order valence-electron chi connectivity index (χ3n) is 4.64. The van der Waals surface area contributed by atoms with Crippen LogP contribution in [0.25, 0.3) is 0 Å². The van der Waals surface area contributed by atoms with E-state index in [-0.39, 0.29) is 5.78 Å². The normalized spacial score (nSPS) is 30.5. The van der Waals surface area contributed by atoms with Crippen LogP contribution in [0, 0.1) is 11.8 Å². The molecular formula is C17H18O. The van der Waals surface area contributed by atoms with Crippen LogP contribution >= 0.6 is 0 Å². The number of hydrogen-bond donors (Lipinski definition) is 0. The monoisotopic (exact) mass is 238 g/mol. The van der Waals surface area contributed by atoms with Gasteiger partial charge in [-0.05, 0) is 42.9 Å². The molecule has 1 nitrogen and oxygen atoms in total. The molecule has 4 aliphatic carbocycles. The number of hydrogen-bond acceptors (Lipinski definition) is 1. The SMILES string of the molecule is C=C1C(=C)C2C(=C)CC1C1=C2CC=C(C(C)=O)C1. The van der Waals surface area contributed by atoms with Crippen LogP contribution in [0.4, 0.5) is 0 Å². The van der Waals surface area contributed by atoms with Gasteiger partial charge in [0.1, 0.15) is 0 Å². The largest absolute Gasteiger partial charge is 0.295 e. The van der Waals surface area contributed by atoms with E-state index in [4.69, 9.17) is 0 Å². The number of Topliss-reactive ketones (excluding diaryl/α,β-unsaturated/α-hetero) is 1. The van der Waals surface area contributed by atoms with Gasteiger partial charge in [-0.25, -0.2) is 0 Å². The van der Waals surface area contributed by atoms with Crippen molar-refractivity contribution in [1.29, 1.82) is 0 Å². The van der Waals surface area contributed by atoms with E-state index in [0.717, 1.165) is 36.0 Å². The Morgan fingerprint density at radius 2 is 1.94 bits per heavy atom. The van der Waals surface area contributed by atoms with E-state index < -0.39 is 0 Å². The average Bonchev–Trinajstić information content (AvgIpc) is 2.34. The van der Waals surface area contributed by atoms with Crippen LogP contribution in [0.1, 0.15) is 26.2 Å². The van der Waals surface area contributed by atoms with Crippen LogP contribution < -0.4 is 0 Å². The summed E-state index contributed by atoms with van der Waals surface area (Å²) in [4.78, 5) is 11.5. The zero-order valence-corrected chi connectivity index (χ0v) is 10.9. The first-order valence-electron chi connectivity index (χ1n) is 6.48. The Bertz CT molecular complexity index is 568. The van der Waals surface area contributed by atoms with Gasteiger partial charge in [0, 0.05) is 11.8 Å². The molecule has 0 amide bonds. The number of ketones is 1. The Labute approximate surface area is 108 Å². The molecule has 1 fully saturated rings. The fourth-order valence-electron chi connectivity index (χ4n) is 3.62. The maximum Gasteiger partial charge on any atom is 0.155 e. The second-order valence-corrected chi connectivity index (χ2v) is 5.62. The zero-order chi connectivity index (χ0) is 13.0. The van der Waals surface area contributed by atoms with Crippen molar-refractivity contribution in [3.8, 4) is 0 Å². The summed E-state index contributed by atoms with van der Waals surface area (Å²) in [7, 11) is 0. The maximum absolute atomic E-state index is 11.5. The summed E-state index contributed by atoms with van der Waals surface area (Å²) in [6.45, 7) is 14.2. The summed E-state index contributed by atoms with van der Waals surface area (Å²) in [6, 6.07) is 0. The van der Waals surface area contributed by atoms with E-state index in [0.29, 0.717) is 11.8 Å². The van der Waals surface area contributed by atoms with Crippen molar-refractivity contribution >= 4 is 5.78 Å². The first-order chi connectivity index (χ1) is 8.50. The fraction of sp³-hybridized carbons (Fsp3) is 0.353. The van der Waals surface area contributed by atoms with Gasteiger partial charge in [-0.15, -0.1) is 0 Å². The Morgan fingerprint density at radius 1 is 1.22 bits per heavy atom. The zero-order valence-electron chi connectivity index (χ0n) is 10.9. The van der Waals surface area contributed by atoms with E-state index in [1.54, 1.807) is 6.92 Å². The van der Waals surface area contributed by atoms with Crippen LogP contribution in [-0.2, 0) is 4.79 Å². The van der Waals surface area contributed by atoms with Crippen LogP contribution in [0.2, 0.25) is 0 Å². The highest BCUT2D eigenvalue weighted by molar-refractivity contribution is 5.94. The molecule has 0 radical (unpaired) electrons. The number of carbonyl (C=O) groups excluding carboxylic acids is 1. The lowest BCUT2D eigenvalue weighted by Crippen LogP contribution is -2.33. The molecule has 2 unspecified atom stereocenters. The van der Waals surface area contributed by atoms with Crippen molar-refractivity contribution in [3.05, 3.63) is 59.3 Å². The maximum atomic E-state index is 11.5. The van der Waals surface area contributed by atoms with Crippen molar-refractivity contribution in [2.24, 2.45) is 11.8 Å². The van der Waals surface area contributed by atoms with Crippen molar-refractivity contribution in [3.63, 3.8) is 0 Å². The molecule has 92 valence electrons. The minimum atomic E-state index is 0.200. The molecule has 0 spiro atoms. The minimum absolute atomic E-state index is 0.200. The second kappa shape index (κ2) is 3.68. The lowest BCUT2D eigenvalue weighted by Gasteiger charge is -2.46. The molecule has 2 bridgehead atoms. The fourth-order valence-corrected chi connectivity index (χ4v) is 3.62. The molecule has 4 aliphatic rings. The van der Waals surface area contributed by atoms with Gasteiger partial charge in [0.25, 0.3) is 0 Å². The lowest BCUT2D eigenvalue weighted by atomic mass is 9.58. The van der Waals surface area contributed by atoms with Crippen LogP contribution in [0.3, 0.4) is 0 Å². The van der Waals surface area contributed by atoms with E-state index in [2.05, 4.69) is 25.8 Å². The van der Waals surface area contributed by atoms with Crippen molar-refractivity contribution in [1.82, 2.24) is 0 Å². The highest BCUT2D eigenvalue weighted by Gasteiger charge is 2.42. The summed E-state index contributed by atoms with van der Waals surface area (Å²) in [5, 5.41) is 0. The van der Waals surface area contributed by atoms with Gasteiger partial charge in [-0.1, -0.05) is 42.5 Å². The van der Waals surface area contributed by atoms with Gasteiger partial charge in [0.15, 0.2) is 5.78 Å². The number of allylic oxidation sites excluding steroid dienone is 7. The van der Waals surface area contributed by atoms with E-state index in [9.17, 15) is 4.79 Å². The third kappa shape index (κ3) is 1.37. The van der Waals surface area contributed by atoms with E-state index >= 15 is 0 Å². The number of carbonyl (C=O) groups is 1. The summed E-state index contributed by atoms with van der Waals surface area (Å²) in [6.07, 6.45) is 4.78. The highest BCUT2D eigenvalue weighted by atomic mass is 16.1. The van der Waals surface area contributed by atoms with Gasteiger partial charge in [0.05, 0.1) is 0 Å². The first kappa shape index (κ1) is 11.5. The predicted molar refractivity (Wildman–Crippen MR) is 74.0 cm³/mol. The summed E-state index contributed by atoms with van der Waals surface area (Å²) in [5.74, 6) is 0.849. The molecule has 0 heterocycles. The van der Waals surface area contributed by atoms with Gasteiger partial charge >= 0.3 is 0 Å². The molecule has 2 atom stereocenters. The Morgan fingerprint density at radius 3 is 2.61 bits per heavy atom. The predicted octanol–water partition coefficient (Wildman–Crippen LogP) is 3.91. The quantitative estimate of drug-likeness (QED) is 0.633. The van der Waals surface area contributed by atoms with Gasteiger partial charge in [0.2, 0.25) is 0 Å². The minimum Gasteiger partial charge on any atom is -0.295 e. The van der Waals surface area contributed by atoms with E-state index in [1.807, 2.05) is 0 Å². The Hall–Kier alpha value is -1.63. The molecule has 0 saturated heterocycles. The molecule has 18 heavy (non-hydrogen) atoms. The number of fused-ring (bicyclic) bond motifs is 2.